The Bertz CT molecular complexity index is 1110. The fraction of sp³-hybridized carbons (Fsp3) is 0.500. The molecule has 2 heterocycles. The zero-order chi connectivity index (χ0) is 26.2. The molecule has 35 heavy (non-hydrogen) atoms. The van der Waals surface area contributed by atoms with Crippen LogP contribution in [0, 0.1) is 0 Å². The number of carbonyl (C=O) groups excluding carboxylic acids is 3. The van der Waals surface area contributed by atoms with Gasteiger partial charge in [-0.05, 0) is 59.2 Å². The predicted molar refractivity (Wildman–Crippen MR) is 116 cm³/mol. The predicted octanol–water partition coefficient (Wildman–Crippen LogP) is 3.40. The molecular formula is C22H27F2N5O6. The van der Waals surface area contributed by atoms with E-state index in [4.69, 9.17) is 9.26 Å². The zero-order valence-corrected chi connectivity index (χ0v) is 20.1. The first-order valence-electron chi connectivity index (χ1n) is 10.6. The first kappa shape index (κ1) is 25.8. The summed E-state index contributed by atoms with van der Waals surface area (Å²) in [6, 6.07) is 4.68. The molecule has 1 fully saturated rings. The van der Waals surface area contributed by atoms with E-state index in [2.05, 4.69) is 25.5 Å². The Labute approximate surface area is 200 Å². The van der Waals surface area contributed by atoms with E-state index in [1.54, 1.807) is 34.6 Å². The summed E-state index contributed by atoms with van der Waals surface area (Å²) >= 11 is 0. The van der Waals surface area contributed by atoms with E-state index in [1.807, 2.05) is 0 Å². The number of rotatable bonds is 7. The Kier molecular flexibility index (Phi) is 6.73. The van der Waals surface area contributed by atoms with E-state index in [1.165, 1.54) is 31.2 Å². The van der Waals surface area contributed by atoms with Crippen molar-refractivity contribution in [2.24, 2.45) is 0 Å². The number of nitrogens with one attached hydrogen (secondary N) is 2. The lowest BCUT2D eigenvalue weighted by Crippen LogP contribution is -2.44. The van der Waals surface area contributed by atoms with Gasteiger partial charge in [-0.1, -0.05) is 17.3 Å². The number of hydrogen-bond donors (Lipinski definition) is 2. The van der Waals surface area contributed by atoms with E-state index in [9.17, 15) is 23.2 Å². The quantitative estimate of drug-likeness (QED) is 0.558. The summed E-state index contributed by atoms with van der Waals surface area (Å²) in [5.74, 6) is -0.604. The standard InChI is InChI=1S/C22H27F2N5O6/c1-20(2,3)34-19(32)27-21(4,5)15-25-14(35-28-15)11-29-16(30)22(6,26-18(29)31)12-7-9-13(10-8-12)33-17(23)24/h7-10,17H,11H2,1-6H3,(H,26,31)(H,27,32). The summed E-state index contributed by atoms with van der Waals surface area (Å²) in [6.07, 6.45) is -0.677. The van der Waals surface area contributed by atoms with Gasteiger partial charge in [-0.2, -0.15) is 13.8 Å². The van der Waals surface area contributed by atoms with Gasteiger partial charge in [-0.15, -0.1) is 0 Å². The molecule has 190 valence electrons. The zero-order valence-electron chi connectivity index (χ0n) is 20.1. The lowest BCUT2D eigenvalue weighted by Gasteiger charge is -2.26. The number of ether oxygens (including phenoxy) is 2. The SMILES string of the molecule is CC(C)(C)OC(=O)NC(C)(C)c1noc(CN2C(=O)NC(C)(c3ccc(OC(F)F)cc3)C2=O)n1. The van der Waals surface area contributed by atoms with E-state index in [0.29, 0.717) is 5.56 Å². The fourth-order valence-electron chi connectivity index (χ4n) is 3.33. The molecule has 2 aromatic rings. The normalized spacial score (nSPS) is 18.6. The summed E-state index contributed by atoms with van der Waals surface area (Å²) in [7, 11) is 0. The van der Waals surface area contributed by atoms with Gasteiger partial charge in [0.1, 0.15) is 29.0 Å². The minimum atomic E-state index is -2.98. The minimum absolute atomic E-state index is 0.0347. The molecule has 1 aromatic heterocycles. The Balaban J connectivity index is 1.72. The molecule has 0 saturated carbocycles. The van der Waals surface area contributed by atoms with Crippen LogP contribution in [0.5, 0.6) is 5.75 Å². The molecular weight excluding hydrogens is 468 g/mol. The Morgan fingerprint density at radius 2 is 1.83 bits per heavy atom. The van der Waals surface area contributed by atoms with E-state index in [-0.39, 0.29) is 24.0 Å². The number of alkyl carbamates (subject to hydrolysis) is 1. The van der Waals surface area contributed by atoms with Crippen molar-refractivity contribution in [1.29, 1.82) is 0 Å². The summed E-state index contributed by atoms with van der Waals surface area (Å²) in [5, 5.41) is 9.09. The molecule has 0 aliphatic carbocycles. The van der Waals surface area contributed by atoms with Crippen LogP contribution in [0.2, 0.25) is 0 Å². The Morgan fingerprint density at radius 1 is 1.20 bits per heavy atom. The number of aromatic nitrogens is 2. The first-order valence-corrected chi connectivity index (χ1v) is 10.6. The smallest absolute Gasteiger partial charge is 0.408 e. The van der Waals surface area contributed by atoms with Crippen molar-refractivity contribution in [1.82, 2.24) is 25.7 Å². The van der Waals surface area contributed by atoms with Crippen LogP contribution in [0.3, 0.4) is 0 Å². The Hall–Kier alpha value is -3.77. The van der Waals surface area contributed by atoms with Crippen LogP contribution in [0.1, 0.15) is 58.8 Å². The summed E-state index contributed by atoms with van der Waals surface area (Å²) < 4.78 is 39.5. The molecule has 13 heteroatoms. The topological polar surface area (TPSA) is 136 Å². The van der Waals surface area contributed by atoms with E-state index < -0.39 is 41.3 Å². The van der Waals surface area contributed by atoms with Crippen LogP contribution < -0.4 is 15.4 Å². The van der Waals surface area contributed by atoms with Crippen LogP contribution in [0.15, 0.2) is 28.8 Å². The van der Waals surface area contributed by atoms with Crippen LogP contribution in [-0.4, -0.2) is 45.3 Å². The lowest BCUT2D eigenvalue weighted by molar-refractivity contribution is -0.131. The van der Waals surface area contributed by atoms with Crippen LogP contribution >= 0.6 is 0 Å². The highest BCUT2D eigenvalue weighted by atomic mass is 19.3. The van der Waals surface area contributed by atoms with Crippen LogP contribution in [0.25, 0.3) is 0 Å². The van der Waals surface area contributed by atoms with Gasteiger partial charge in [0.25, 0.3) is 5.91 Å². The third kappa shape index (κ3) is 5.84. The molecule has 3 rings (SSSR count). The van der Waals surface area contributed by atoms with Gasteiger partial charge in [0.05, 0.1) is 0 Å². The molecule has 0 spiro atoms. The third-order valence-electron chi connectivity index (χ3n) is 5.07. The number of imide groups is 1. The number of benzene rings is 1. The van der Waals surface area contributed by atoms with Crippen molar-refractivity contribution < 1.29 is 37.2 Å². The minimum Gasteiger partial charge on any atom is -0.444 e. The maximum absolute atomic E-state index is 13.1. The van der Waals surface area contributed by atoms with Crippen molar-refractivity contribution in [2.45, 2.75) is 71.4 Å². The molecule has 1 aliphatic heterocycles. The average molecular weight is 495 g/mol. The second kappa shape index (κ2) is 9.12. The van der Waals surface area contributed by atoms with Gasteiger partial charge in [0.15, 0.2) is 5.82 Å². The lowest BCUT2D eigenvalue weighted by atomic mass is 9.92. The molecule has 2 N–H and O–H groups in total. The number of urea groups is 1. The van der Waals surface area contributed by atoms with Crippen molar-refractivity contribution in [3.8, 4) is 5.75 Å². The van der Waals surface area contributed by atoms with Gasteiger partial charge >= 0.3 is 18.7 Å². The van der Waals surface area contributed by atoms with Gasteiger partial charge < -0.3 is 24.6 Å². The number of nitrogens with zero attached hydrogens (tertiary/aromatic N) is 3. The molecule has 1 saturated heterocycles. The van der Waals surface area contributed by atoms with Crippen molar-refractivity contribution in [3.05, 3.63) is 41.5 Å². The number of halogens is 2. The summed E-state index contributed by atoms with van der Waals surface area (Å²) in [4.78, 5) is 42.9. The molecule has 11 nitrogen and oxygen atoms in total. The molecule has 1 aliphatic rings. The number of amides is 4. The number of alkyl halides is 2. The molecule has 1 aromatic carbocycles. The van der Waals surface area contributed by atoms with Gasteiger partial charge in [-0.3, -0.25) is 9.69 Å². The van der Waals surface area contributed by atoms with E-state index in [0.717, 1.165) is 4.90 Å². The first-order chi connectivity index (χ1) is 16.1. The highest BCUT2D eigenvalue weighted by Crippen LogP contribution is 2.31. The fourth-order valence-corrected chi connectivity index (χ4v) is 3.33. The van der Waals surface area contributed by atoms with Crippen molar-refractivity contribution in [3.63, 3.8) is 0 Å². The van der Waals surface area contributed by atoms with Crippen LogP contribution in [-0.2, 0) is 27.2 Å². The molecule has 1 atom stereocenters. The second-order valence-corrected chi connectivity index (χ2v) is 9.61. The maximum atomic E-state index is 13.1. The second-order valence-electron chi connectivity index (χ2n) is 9.61. The molecule has 0 radical (unpaired) electrons. The monoisotopic (exact) mass is 495 g/mol. The van der Waals surface area contributed by atoms with Gasteiger partial charge in [0, 0.05) is 0 Å². The Morgan fingerprint density at radius 3 is 2.40 bits per heavy atom. The third-order valence-corrected chi connectivity index (χ3v) is 5.07. The van der Waals surface area contributed by atoms with Gasteiger partial charge in [-0.25, -0.2) is 9.59 Å². The van der Waals surface area contributed by atoms with Crippen LogP contribution in [0.4, 0.5) is 18.4 Å². The number of hydrogen-bond acceptors (Lipinski definition) is 8. The largest absolute Gasteiger partial charge is 0.444 e. The molecule has 1 unspecified atom stereocenters. The highest BCUT2D eigenvalue weighted by Gasteiger charge is 2.49. The van der Waals surface area contributed by atoms with Crippen molar-refractivity contribution in [2.75, 3.05) is 0 Å². The molecule has 4 amide bonds. The highest BCUT2D eigenvalue weighted by molar-refractivity contribution is 6.07. The van der Waals surface area contributed by atoms with E-state index >= 15 is 0 Å². The molecule has 0 bridgehead atoms. The summed E-state index contributed by atoms with van der Waals surface area (Å²) in [5.41, 5.74) is -2.85. The average Bonchev–Trinajstić information content (AvgIpc) is 3.26. The van der Waals surface area contributed by atoms with Gasteiger partial charge in [0.2, 0.25) is 5.89 Å². The summed E-state index contributed by atoms with van der Waals surface area (Å²) in [6.45, 7) is 6.64. The maximum Gasteiger partial charge on any atom is 0.408 e. The number of carbonyl (C=O) groups is 3. The van der Waals surface area contributed by atoms with Crippen molar-refractivity contribution >= 4 is 18.0 Å².